The lowest BCUT2D eigenvalue weighted by molar-refractivity contribution is 0.382. The molecule has 29 heavy (non-hydrogen) atoms. The molecule has 0 unspecified atom stereocenters. The van der Waals surface area contributed by atoms with E-state index >= 15 is 0 Å². The second-order valence-corrected chi connectivity index (χ2v) is 8.46. The van der Waals surface area contributed by atoms with Gasteiger partial charge >= 0.3 is 0 Å². The third-order valence-electron chi connectivity index (χ3n) is 4.86. The summed E-state index contributed by atoms with van der Waals surface area (Å²) < 4.78 is 82.1. The van der Waals surface area contributed by atoms with Crippen LogP contribution >= 0.6 is 0 Å². The Labute approximate surface area is 164 Å². The normalized spacial score (nSPS) is 15.8. The smallest absolute Gasteiger partial charge is 0.246 e. The molecule has 1 saturated heterocycles. The minimum atomic E-state index is -4.23. The number of benzene rings is 2. The SMILES string of the molecule is O=S(=O)(c1cc(F)ccc1F)N1CCN(c2ccnc3c(F)ccc(F)c23)CC1. The fraction of sp³-hybridized carbons (Fsp3) is 0.211. The van der Waals surface area contributed by atoms with Gasteiger partial charge in [0, 0.05) is 32.4 Å². The summed E-state index contributed by atoms with van der Waals surface area (Å²) in [6, 6.07) is 5.78. The van der Waals surface area contributed by atoms with Crippen molar-refractivity contribution in [3.8, 4) is 0 Å². The Kier molecular flexibility index (Phi) is 4.91. The Morgan fingerprint density at radius 1 is 0.828 bits per heavy atom. The van der Waals surface area contributed by atoms with E-state index in [1.807, 2.05) is 0 Å². The van der Waals surface area contributed by atoms with E-state index in [9.17, 15) is 26.0 Å². The molecular formula is C19H15F4N3O2S. The standard InChI is InChI=1S/C19H15F4N3O2S/c20-12-1-2-13(21)17(11-12)29(27,28)26-9-7-25(8-10-26)16-5-6-24-19-15(23)4-3-14(22)18(16)19/h1-6,11H,7-10H2. The lowest BCUT2D eigenvalue weighted by atomic mass is 10.1. The summed E-state index contributed by atoms with van der Waals surface area (Å²) in [5.74, 6) is -3.19. The lowest BCUT2D eigenvalue weighted by Crippen LogP contribution is -2.49. The van der Waals surface area contributed by atoms with Crippen molar-refractivity contribution >= 4 is 26.6 Å². The van der Waals surface area contributed by atoms with E-state index in [1.54, 1.807) is 4.90 Å². The van der Waals surface area contributed by atoms with Crippen molar-refractivity contribution in [1.29, 1.82) is 0 Å². The van der Waals surface area contributed by atoms with E-state index in [2.05, 4.69) is 4.98 Å². The highest BCUT2D eigenvalue weighted by Crippen LogP contribution is 2.31. The van der Waals surface area contributed by atoms with Gasteiger partial charge in [0.15, 0.2) is 0 Å². The molecule has 0 saturated carbocycles. The maximum atomic E-state index is 14.3. The molecule has 0 spiro atoms. The summed E-state index contributed by atoms with van der Waals surface area (Å²) >= 11 is 0. The largest absolute Gasteiger partial charge is 0.368 e. The zero-order valence-electron chi connectivity index (χ0n) is 14.9. The number of sulfonamides is 1. The second kappa shape index (κ2) is 7.27. The lowest BCUT2D eigenvalue weighted by Gasteiger charge is -2.35. The molecule has 0 bridgehead atoms. The van der Waals surface area contributed by atoms with Crippen molar-refractivity contribution in [3.05, 3.63) is 65.9 Å². The molecule has 2 heterocycles. The van der Waals surface area contributed by atoms with Crippen molar-refractivity contribution in [2.45, 2.75) is 4.90 Å². The molecule has 1 aliphatic rings. The van der Waals surface area contributed by atoms with Gasteiger partial charge < -0.3 is 4.90 Å². The molecule has 5 nitrogen and oxygen atoms in total. The number of pyridine rings is 1. The fourth-order valence-electron chi connectivity index (χ4n) is 3.42. The van der Waals surface area contributed by atoms with Crippen LogP contribution in [-0.2, 0) is 10.0 Å². The number of hydrogen-bond acceptors (Lipinski definition) is 4. The molecule has 1 aromatic heterocycles. The Hall–Kier alpha value is -2.72. The summed E-state index contributed by atoms with van der Waals surface area (Å²) in [5.41, 5.74) is 0.278. The average molecular weight is 425 g/mol. The van der Waals surface area contributed by atoms with Crippen molar-refractivity contribution < 1.29 is 26.0 Å². The highest BCUT2D eigenvalue weighted by molar-refractivity contribution is 7.89. The monoisotopic (exact) mass is 425 g/mol. The van der Waals surface area contributed by atoms with Gasteiger partial charge in [0.1, 0.15) is 33.7 Å². The highest BCUT2D eigenvalue weighted by atomic mass is 32.2. The van der Waals surface area contributed by atoms with Gasteiger partial charge in [-0.2, -0.15) is 4.31 Å². The number of rotatable bonds is 3. The van der Waals surface area contributed by atoms with Crippen LogP contribution in [-0.4, -0.2) is 43.9 Å². The quantitative estimate of drug-likeness (QED) is 0.605. The Morgan fingerprint density at radius 3 is 2.21 bits per heavy atom. The molecule has 0 aliphatic carbocycles. The van der Waals surface area contributed by atoms with Crippen LogP contribution in [0, 0.1) is 23.3 Å². The van der Waals surface area contributed by atoms with E-state index in [4.69, 9.17) is 0 Å². The summed E-state index contributed by atoms with van der Waals surface area (Å²) in [4.78, 5) is 4.86. The van der Waals surface area contributed by atoms with Gasteiger partial charge in [-0.3, -0.25) is 4.98 Å². The van der Waals surface area contributed by atoms with Crippen molar-refractivity contribution in [2.24, 2.45) is 0 Å². The summed E-state index contributed by atoms with van der Waals surface area (Å²) in [5, 5.41) is 0.0139. The Balaban J connectivity index is 1.62. The number of halogens is 4. The molecule has 2 aromatic carbocycles. The molecule has 0 radical (unpaired) electrons. The van der Waals surface area contributed by atoms with Gasteiger partial charge in [0.25, 0.3) is 0 Å². The van der Waals surface area contributed by atoms with E-state index in [-0.39, 0.29) is 37.1 Å². The number of fused-ring (bicyclic) bond motifs is 1. The molecule has 0 amide bonds. The Bertz CT molecular complexity index is 1200. The molecule has 0 atom stereocenters. The van der Waals surface area contributed by atoms with Gasteiger partial charge in [-0.25, -0.2) is 26.0 Å². The van der Waals surface area contributed by atoms with Crippen molar-refractivity contribution in [2.75, 3.05) is 31.1 Å². The second-order valence-electron chi connectivity index (χ2n) is 6.55. The van der Waals surface area contributed by atoms with Crippen LogP contribution in [0.3, 0.4) is 0 Å². The minimum absolute atomic E-state index is 0.0139. The number of anilines is 1. The number of aromatic nitrogens is 1. The van der Waals surface area contributed by atoms with E-state index in [0.717, 1.165) is 28.6 Å². The van der Waals surface area contributed by atoms with Gasteiger partial charge in [-0.15, -0.1) is 0 Å². The van der Waals surface area contributed by atoms with Crippen LogP contribution in [0.2, 0.25) is 0 Å². The predicted molar refractivity (Wildman–Crippen MR) is 99.0 cm³/mol. The topological polar surface area (TPSA) is 53.5 Å². The number of nitrogens with zero attached hydrogens (tertiary/aromatic N) is 3. The van der Waals surface area contributed by atoms with E-state index in [0.29, 0.717) is 11.8 Å². The van der Waals surface area contributed by atoms with Crippen LogP contribution < -0.4 is 4.90 Å². The molecule has 1 aliphatic heterocycles. The number of piperazine rings is 1. The van der Waals surface area contributed by atoms with Crippen LogP contribution in [0.25, 0.3) is 10.9 Å². The van der Waals surface area contributed by atoms with Gasteiger partial charge in [-0.05, 0) is 36.4 Å². The Morgan fingerprint density at radius 2 is 1.48 bits per heavy atom. The zero-order valence-corrected chi connectivity index (χ0v) is 15.8. The van der Waals surface area contributed by atoms with Crippen LogP contribution in [0.5, 0.6) is 0 Å². The third kappa shape index (κ3) is 3.42. The third-order valence-corrected chi connectivity index (χ3v) is 6.77. The first-order valence-corrected chi connectivity index (χ1v) is 10.2. The minimum Gasteiger partial charge on any atom is -0.368 e. The van der Waals surface area contributed by atoms with Crippen LogP contribution in [0.4, 0.5) is 23.2 Å². The molecule has 10 heteroatoms. The maximum Gasteiger partial charge on any atom is 0.246 e. The first-order valence-electron chi connectivity index (χ1n) is 8.72. The summed E-state index contributed by atoms with van der Waals surface area (Å²) in [6.07, 6.45) is 1.35. The molecule has 0 N–H and O–H groups in total. The maximum absolute atomic E-state index is 14.3. The summed E-state index contributed by atoms with van der Waals surface area (Å²) in [6.45, 7) is 0.258. The molecule has 4 rings (SSSR count). The van der Waals surface area contributed by atoms with E-state index < -0.39 is 38.2 Å². The van der Waals surface area contributed by atoms with Crippen molar-refractivity contribution in [1.82, 2.24) is 9.29 Å². The molecule has 152 valence electrons. The van der Waals surface area contributed by atoms with Gasteiger partial charge in [0.05, 0.1) is 11.1 Å². The first kappa shape index (κ1) is 19.6. The summed E-state index contributed by atoms with van der Waals surface area (Å²) in [7, 11) is -4.23. The average Bonchev–Trinajstić information content (AvgIpc) is 2.72. The van der Waals surface area contributed by atoms with Crippen LogP contribution in [0.15, 0.2) is 47.5 Å². The fourth-order valence-corrected chi connectivity index (χ4v) is 4.92. The first-order chi connectivity index (χ1) is 13.8. The predicted octanol–water partition coefficient (Wildman–Crippen LogP) is 3.30. The van der Waals surface area contributed by atoms with Gasteiger partial charge in [-0.1, -0.05) is 0 Å². The van der Waals surface area contributed by atoms with Crippen molar-refractivity contribution in [3.63, 3.8) is 0 Å². The van der Waals surface area contributed by atoms with E-state index in [1.165, 1.54) is 12.3 Å². The van der Waals surface area contributed by atoms with Crippen LogP contribution in [0.1, 0.15) is 0 Å². The molecular weight excluding hydrogens is 410 g/mol. The zero-order chi connectivity index (χ0) is 20.8. The molecule has 1 fully saturated rings. The number of hydrogen-bond donors (Lipinski definition) is 0. The van der Waals surface area contributed by atoms with Gasteiger partial charge in [0.2, 0.25) is 10.0 Å². The highest BCUT2D eigenvalue weighted by Gasteiger charge is 2.31. The molecule has 3 aromatic rings.